The van der Waals surface area contributed by atoms with Crippen LogP contribution in [-0.2, 0) is 0 Å². The van der Waals surface area contributed by atoms with Crippen molar-refractivity contribution in [2.75, 3.05) is 0 Å². The quantitative estimate of drug-likeness (QED) is 0.281. The number of benzene rings is 2. The molecule has 33 heavy (non-hydrogen) atoms. The van der Waals surface area contributed by atoms with Crippen LogP contribution in [0.2, 0.25) is 0 Å². The van der Waals surface area contributed by atoms with Crippen molar-refractivity contribution < 1.29 is 22.3 Å². The van der Waals surface area contributed by atoms with Gasteiger partial charge in [0, 0.05) is 0 Å². The Morgan fingerprint density at radius 2 is 1.55 bits per heavy atom. The first kappa shape index (κ1) is 24.1. The predicted octanol–water partition coefficient (Wildman–Crippen LogP) is 9.11. The minimum atomic E-state index is -2.94. The van der Waals surface area contributed by atoms with E-state index < -0.39 is 18.2 Å². The van der Waals surface area contributed by atoms with Crippen LogP contribution in [0.3, 0.4) is 0 Å². The number of fused-ring (bicyclic) bond motifs is 1. The maximum absolute atomic E-state index is 15.0. The van der Waals surface area contributed by atoms with Crippen LogP contribution in [0.1, 0.15) is 82.6 Å². The van der Waals surface area contributed by atoms with E-state index in [1.54, 1.807) is 0 Å². The molecule has 0 heterocycles. The standard InChI is InChI=1S/C28H34F4O/c1-2-3-4-5-18-6-7-21-15-22(9-8-20(21)14-18)23-16-25(29)27(26(30)17-23)19-10-12-24(13-11-19)33-28(31)32/h10-13,16-18,20-22,28H,2-9,14-15H2,1H3/t18?,20-,21-,22-/m1/s1. The second-order valence-corrected chi connectivity index (χ2v) is 9.97. The van der Waals surface area contributed by atoms with Crippen molar-refractivity contribution in [3.63, 3.8) is 0 Å². The van der Waals surface area contributed by atoms with Gasteiger partial charge < -0.3 is 4.74 Å². The highest BCUT2D eigenvalue weighted by atomic mass is 19.3. The zero-order valence-corrected chi connectivity index (χ0v) is 19.3. The highest BCUT2D eigenvalue weighted by molar-refractivity contribution is 5.66. The van der Waals surface area contributed by atoms with Crippen molar-refractivity contribution in [2.24, 2.45) is 17.8 Å². The summed E-state index contributed by atoms with van der Waals surface area (Å²) in [4.78, 5) is 0. The Labute approximate surface area is 194 Å². The molecule has 4 atom stereocenters. The highest BCUT2D eigenvalue weighted by Gasteiger charge is 2.36. The summed E-state index contributed by atoms with van der Waals surface area (Å²) in [6.45, 7) is -0.687. The van der Waals surface area contributed by atoms with E-state index in [0.29, 0.717) is 11.5 Å². The molecular formula is C28H34F4O. The molecule has 0 aliphatic heterocycles. The summed E-state index contributed by atoms with van der Waals surface area (Å²) in [5.41, 5.74) is 0.932. The number of halogens is 4. The molecule has 180 valence electrons. The van der Waals surface area contributed by atoms with E-state index in [2.05, 4.69) is 11.7 Å². The topological polar surface area (TPSA) is 9.23 Å². The molecule has 0 bridgehead atoms. The van der Waals surface area contributed by atoms with Gasteiger partial charge in [0.15, 0.2) is 0 Å². The summed E-state index contributed by atoms with van der Waals surface area (Å²) in [5, 5.41) is 0. The Kier molecular flexibility index (Phi) is 7.98. The highest BCUT2D eigenvalue weighted by Crippen LogP contribution is 2.49. The van der Waals surface area contributed by atoms with E-state index in [-0.39, 0.29) is 17.2 Å². The lowest BCUT2D eigenvalue weighted by Gasteiger charge is -2.42. The van der Waals surface area contributed by atoms with Crippen molar-refractivity contribution in [3.8, 4) is 16.9 Å². The van der Waals surface area contributed by atoms with E-state index in [9.17, 15) is 8.78 Å². The molecular weight excluding hydrogens is 428 g/mol. The molecule has 0 saturated heterocycles. The monoisotopic (exact) mass is 462 g/mol. The van der Waals surface area contributed by atoms with Gasteiger partial charge in [-0.15, -0.1) is 0 Å². The molecule has 0 N–H and O–H groups in total. The molecule has 2 fully saturated rings. The molecule has 2 aromatic carbocycles. The van der Waals surface area contributed by atoms with Crippen LogP contribution in [0, 0.1) is 29.4 Å². The zero-order chi connectivity index (χ0) is 23.4. The Balaban J connectivity index is 1.42. The molecule has 0 spiro atoms. The largest absolute Gasteiger partial charge is 0.435 e. The Bertz CT molecular complexity index is 888. The van der Waals surface area contributed by atoms with Crippen molar-refractivity contribution >= 4 is 0 Å². The third-order valence-electron chi connectivity index (χ3n) is 7.84. The third-order valence-corrected chi connectivity index (χ3v) is 7.84. The van der Waals surface area contributed by atoms with Crippen LogP contribution in [-0.4, -0.2) is 6.61 Å². The van der Waals surface area contributed by atoms with Gasteiger partial charge in [0.05, 0.1) is 5.56 Å². The molecule has 4 rings (SSSR count). The number of rotatable bonds is 8. The van der Waals surface area contributed by atoms with E-state index >= 15 is 8.78 Å². The Morgan fingerprint density at radius 1 is 0.879 bits per heavy atom. The molecule has 5 heteroatoms. The number of unbranched alkanes of at least 4 members (excludes halogenated alkanes) is 2. The molecule has 1 unspecified atom stereocenters. The molecule has 0 radical (unpaired) electrons. The summed E-state index contributed by atoms with van der Waals surface area (Å²) < 4.78 is 59.0. The van der Waals surface area contributed by atoms with Crippen LogP contribution in [0.15, 0.2) is 36.4 Å². The lowest BCUT2D eigenvalue weighted by Crippen LogP contribution is -2.30. The van der Waals surface area contributed by atoms with Gasteiger partial charge in [-0.3, -0.25) is 0 Å². The van der Waals surface area contributed by atoms with Gasteiger partial charge in [0.1, 0.15) is 17.4 Å². The van der Waals surface area contributed by atoms with E-state index in [0.717, 1.165) is 36.7 Å². The number of ether oxygens (including phenoxy) is 1. The lowest BCUT2D eigenvalue weighted by atomic mass is 9.63. The average molecular weight is 463 g/mol. The second kappa shape index (κ2) is 10.9. The smallest absolute Gasteiger partial charge is 0.387 e. The average Bonchev–Trinajstić information content (AvgIpc) is 2.79. The lowest BCUT2D eigenvalue weighted by molar-refractivity contribution is -0.0498. The van der Waals surface area contributed by atoms with E-state index in [4.69, 9.17) is 0 Å². The van der Waals surface area contributed by atoms with Crippen LogP contribution in [0.4, 0.5) is 17.6 Å². The van der Waals surface area contributed by atoms with Crippen LogP contribution in [0.5, 0.6) is 5.75 Å². The van der Waals surface area contributed by atoms with Crippen molar-refractivity contribution in [1.82, 2.24) is 0 Å². The first-order valence-corrected chi connectivity index (χ1v) is 12.5. The van der Waals surface area contributed by atoms with Crippen molar-refractivity contribution in [3.05, 3.63) is 53.6 Å². The van der Waals surface area contributed by atoms with Gasteiger partial charge in [-0.2, -0.15) is 8.78 Å². The summed E-state index contributed by atoms with van der Waals surface area (Å²) in [7, 11) is 0. The first-order valence-electron chi connectivity index (χ1n) is 12.5. The number of alkyl halides is 2. The van der Waals surface area contributed by atoms with Gasteiger partial charge in [-0.25, -0.2) is 8.78 Å². The number of hydrogen-bond donors (Lipinski definition) is 0. The van der Waals surface area contributed by atoms with E-state index in [1.165, 1.54) is 81.3 Å². The molecule has 0 aromatic heterocycles. The maximum Gasteiger partial charge on any atom is 0.387 e. The van der Waals surface area contributed by atoms with Gasteiger partial charge in [0.25, 0.3) is 0 Å². The second-order valence-electron chi connectivity index (χ2n) is 9.97. The predicted molar refractivity (Wildman–Crippen MR) is 123 cm³/mol. The van der Waals surface area contributed by atoms with Crippen LogP contribution >= 0.6 is 0 Å². The van der Waals surface area contributed by atoms with Gasteiger partial charge in [-0.1, -0.05) is 51.2 Å². The molecule has 2 aliphatic carbocycles. The van der Waals surface area contributed by atoms with Crippen LogP contribution < -0.4 is 4.74 Å². The third kappa shape index (κ3) is 5.91. The Hall–Kier alpha value is -2.04. The van der Waals surface area contributed by atoms with Gasteiger partial charge in [-0.05, 0) is 91.2 Å². The maximum atomic E-state index is 15.0. The van der Waals surface area contributed by atoms with Crippen LogP contribution in [0.25, 0.3) is 11.1 Å². The Morgan fingerprint density at radius 3 is 2.21 bits per heavy atom. The minimum Gasteiger partial charge on any atom is -0.435 e. The molecule has 2 aromatic rings. The van der Waals surface area contributed by atoms with Gasteiger partial charge >= 0.3 is 6.61 Å². The SMILES string of the molecule is CCCCCC1CC[C@@H]2C[C@H](c3cc(F)c(-c4ccc(OC(F)F)cc4)c(F)c3)CC[C@@H]2C1. The van der Waals surface area contributed by atoms with Crippen molar-refractivity contribution in [2.45, 2.75) is 83.7 Å². The fourth-order valence-electron chi connectivity index (χ4n) is 6.14. The molecule has 2 saturated carbocycles. The minimum absolute atomic E-state index is 0.0389. The molecule has 2 aliphatic rings. The fourth-order valence-corrected chi connectivity index (χ4v) is 6.14. The summed E-state index contributed by atoms with van der Waals surface area (Å²) in [5.74, 6) is 1.25. The summed E-state index contributed by atoms with van der Waals surface area (Å²) >= 11 is 0. The van der Waals surface area contributed by atoms with Crippen molar-refractivity contribution in [1.29, 1.82) is 0 Å². The molecule has 0 amide bonds. The summed E-state index contributed by atoms with van der Waals surface area (Å²) in [6, 6.07) is 8.36. The van der Waals surface area contributed by atoms with Gasteiger partial charge in [0.2, 0.25) is 0 Å². The summed E-state index contributed by atoms with van der Waals surface area (Å²) in [6.07, 6.45) is 12.3. The normalized spacial score (nSPS) is 25.2. The molecule has 1 nitrogen and oxygen atoms in total. The zero-order valence-electron chi connectivity index (χ0n) is 19.3. The fraction of sp³-hybridized carbons (Fsp3) is 0.571. The first-order chi connectivity index (χ1) is 15.9. The number of hydrogen-bond acceptors (Lipinski definition) is 1. The van der Waals surface area contributed by atoms with E-state index in [1.807, 2.05) is 0 Å².